The van der Waals surface area contributed by atoms with E-state index >= 15 is 0 Å². The van der Waals surface area contributed by atoms with Gasteiger partial charge in [0.25, 0.3) is 0 Å². The zero-order chi connectivity index (χ0) is 12.3. The van der Waals surface area contributed by atoms with Crippen molar-refractivity contribution in [1.29, 1.82) is 0 Å². The number of oxime groups is 1. The summed E-state index contributed by atoms with van der Waals surface area (Å²) in [5.74, 6) is 0.945. The Labute approximate surface area is 103 Å². The summed E-state index contributed by atoms with van der Waals surface area (Å²) < 4.78 is 5.02. The van der Waals surface area contributed by atoms with Crippen LogP contribution in [0.4, 0.5) is 0 Å². The molecule has 0 radical (unpaired) electrons. The number of alkyl halides is 1. The molecule has 0 spiro atoms. The Balaban J connectivity index is 2.29. The standard InChI is InChI=1S/C12H11ClN2O2/c1-8(14-16)9-2-4-10(5-3-9)12-6-11(7-13)17-15-12/h2-6,16H,7H2,1H3/b14-8+. The normalized spacial score (nSPS) is 11.8. The molecule has 1 N–H and O–H groups in total. The Morgan fingerprint density at radius 3 is 2.65 bits per heavy atom. The minimum Gasteiger partial charge on any atom is -0.411 e. The van der Waals surface area contributed by atoms with Crippen LogP contribution in [0.1, 0.15) is 18.2 Å². The van der Waals surface area contributed by atoms with Crippen molar-refractivity contribution in [3.05, 3.63) is 41.7 Å². The van der Waals surface area contributed by atoms with Crippen LogP contribution >= 0.6 is 11.6 Å². The molecule has 1 aromatic carbocycles. The van der Waals surface area contributed by atoms with Crippen LogP contribution in [0.2, 0.25) is 0 Å². The summed E-state index contributed by atoms with van der Waals surface area (Å²) in [4.78, 5) is 0. The second kappa shape index (κ2) is 5.01. The molecule has 2 aromatic rings. The number of benzene rings is 1. The van der Waals surface area contributed by atoms with E-state index in [9.17, 15) is 0 Å². The van der Waals surface area contributed by atoms with Crippen molar-refractivity contribution >= 4 is 17.3 Å². The van der Waals surface area contributed by atoms with Gasteiger partial charge in [-0.2, -0.15) is 0 Å². The van der Waals surface area contributed by atoms with Crippen LogP contribution in [0.15, 0.2) is 40.0 Å². The maximum absolute atomic E-state index is 8.66. The van der Waals surface area contributed by atoms with Crippen LogP contribution in [0.5, 0.6) is 0 Å². The molecular weight excluding hydrogens is 240 g/mol. The highest BCUT2D eigenvalue weighted by molar-refractivity contribution is 6.16. The third-order valence-corrected chi connectivity index (χ3v) is 2.70. The zero-order valence-corrected chi connectivity index (χ0v) is 9.98. The number of hydrogen-bond acceptors (Lipinski definition) is 4. The summed E-state index contributed by atoms with van der Waals surface area (Å²) in [6, 6.07) is 9.30. The fraction of sp³-hybridized carbons (Fsp3) is 0.167. The quantitative estimate of drug-likeness (QED) is 0.394. The van der Waals surface area contributed by atoms with Gasteiger partial charge in [0.15, 0.2) is 5.76 Å². The molecule has 5 heteroatoms. The monoisotopic (exact) mass is 250 g/mol. The molecule has 1 aromatic heterocycles. The molecule has 0 saturated carbocycles. The van der Waals surface area contributed by atoms with Crippen molar-refractivity contribution in [2.45, 2.75) is 12.8 Å². The van der Waals surface area contributed by atoms with Crippen molar-refractivity contribution in [2.24, 2.45) is 5.16 Å². The van der Waals surface area contributed by atoms with Gasteiger partial charge < -0.3 is 9.73 Å². The number of halogens is 1. The van der Waals surface area contributed by atoms with E-state index in [2.05, 4.69) is 10.3 Å². The minimum absolute atomic E-state index is 0.307. The summed E-state index contributed by atoms with van der Waals surface area (Å²) in [5, 5.41) is 15.7. The van der Waals surface area contributed by atoms with Crippen LogP contribution in [-0.2, 0) is 5.88 Å². The molecule has 0 aliphatic heterocycles. The van der Waals surface area contributed by atoms with Crippen molar-refractivity contribution in [1.82, 2.24) is 5.16 Å². The predicted molar refractivity (Wildman–Crippen MR) is 65.5 cm³/mol. The van der Waals surface area contributed by atoms with Gasteiger partial charge in [-0.15, -0.1) is 11.6 Å². The van der Waals surface area contributed by atoms with E-state index in [1.165, 1.54) is 0 Å². The smallest absolute Gasteiger partial charge is 0.152 e. The highest BCUT2D eigenvalue weighted by Gasteiger charge is 2.06. The maximum atomic E-state index is 8.66. The van der Waals surface area contributed by atoms with Gasteiger partial charge in [0.05, 0.1) is 11.6 Å². The lowest BCUT2D eigenvalue weighted by Crippen LogP contribution is -1.93. The van der Waals surface area contributed by atoms with Gasteiger partial charge >= 0.3 is 0 Å². The summed E-state index contributed by atoms with van der Waals surface area (Å²) in [7, 11) is 0. The van der Waals surface area contributed by atoms with E-state index in [0.29, 0.717) is 17.4 Å². The van der Waals surface area contributed by atoms with Gasteiger partial charge in [0.2, 0.25) is 0 Å². The van der Waals surface area contributed by atoms with E-state index in [1.54, 1.807) is 13.0 Å². The average Bonchev–Trinajstić information content (AvgIpc) is 2.87. The lowest BCUT2D eigenvalue weighted by atomic mass is 10.1. The SMILES string of the molecule is C/C(=N\O)c1ccc(-c2cc(CCl)on2)cc1. The first-order valence-electron chi connectivity index (χ1n) is 5.05. The van der Waals surface area contributed by atoms with Gasteiger partial charge in [0, 0.05) is 11.6 Å². The Bertz CT molecular complexity index is 532. The largest absolute Gasteiger partial charge is 0.411 e. The fourth-order valence-corrected chi connectivity index (χ4v) is 1.58. The number of aromatic nitrogens is 1. The van der Waals surface area contributed by atoms with E-state index in [4.69, 9.17) is 21.3 Å². The molecule has 0 aliphatic rings. The molecular formula is C12H11ClN2O2. The summed E-state index contributed by atoms with van der Waals surface area (Å²) in [6.45, 7) is 1.73. The van der Waals surface area contributed by atoms with Gasteiger partial charge in [0.1, 0.15) is 5.69 Å². The zero-order valence-electron chi connectivity index (χ0n) is 9.22. The van der Waals surface area contributed by atoms with Crippen LogP contribution in [-0.4, -0.2) is 16.1 Å². The maximum Gasteiger partial charge on any atom is 0.152 e. The molecule has 0 atom stereocenters. The highest BCUT2D eigenvalue weighted by atomic mass is 35.5. The summed E-state index contributed by atoms with van der Waals surface area (Å²) in [6.07, 6.45) is 0. The lowest BCUT2D eigenvalue weighted by Gasteiger charge is -1.99. The molecule has 0 saturated heterocycles. The van der Waals surface area contributed by atoms with Crippen molar-refractivity contribution in [3.8, 4) is 11.3 Å². The summed E-state index contributed by atoms with van der Waals surface area (Å²) >= 11 is 5.64. The molecule has 0 amide bonds. The van der Waals surface area contributed by atoms with Gasteiger partial charge in [-0.3, -0.25) is 0 Å². The summed E-state index contributed by atoms with van der Waals surface area (Å²) in [5.41, 5.74) is 3.10. The van der Waals surface area contributed by atoms with Gasteiger partial charge in [-0.1, -0.05) is 34.6 Å². The van der Waals surface area contributed by atoms with Crippen LogP contribution in [0.3, 0.4) is 0 Å². The lowest BCUT2D eigenvalue weighted by molar-refractivity contribution is 0.319. The van der Waals surface area contributed by atoms with E-state index in [0.717, 1.165) is 16.8 Å². The molecule has 1 heterocycles. The number of rotatable bonds is 3. The van der Waals surface area contributed by atoms with Gasteiger partial charge in [-0.05, 0) is 12.5 Å². The third-order valence-electron chi connectivity index (χ3n) is 2.44. The second-order valence-electron chi connectivity index (χ2n) is 3.57. The molecule has 88 valence electrons. The van der Waals surface area contributed by atoms with Crippen LogP contribution in [0, 0.1) is 0 Å². The third kappa shape index (κ3) is 2.47. The fourth-order valence-electron chi connectivity index (χ4n) is 1.45. The molecule has 4 nitrogen and oxygen atoms in total. The highest BCUT2D eigenvalue weighted by Crippen LogP contribution is 2.20. The van der Waals surface area contributed by atoms with Crippen molar-refractivity contribution < 1.29 is 9.73 Å². The Morgan fingerprint density at radius 2 is 2.12 bits per heavy atom. The first-order chi connectivity index (χ1) is 8.24. The molecule has 17 heavy (non-hydrogen) atoms. The predicted octanol–water partition coefficient (Wildman–Crippen LogP) is 3.28. The molecule has 0 bridgehead atoms. The Hall–Kier alpha value is -1.81. The first kappa shape index (κ1) is 11.7. The van der Waals surface area contributed by atoms with Crippen molar-refractivity contribution in [2.75, 3.05) is 0 Å². The second-order valence-corrected chi connectivity index (χ2v) is 3.84. The molecule has 2 rings (SSSR count). The topological polar surface area (TPSA) is 58.6 Å². The van der Waals surface area contributed by atoms with E-state index in [-0.39, 0.29) is 0 Å². The van der Waals surface area contributed by atoms with E-state index in [1.807, 2.05) is 24.3 Å². The Kier molecular flexibility index (Phi) is 3.44. The average molecular weight is 251 g/mol. The van der Waals surface area contributed by atoms with Crippen LogP contribution < -0.4 is 0 Å². The van der Waals surface area contributed by atoms with Crippen LogP contribution in [0.25, 0.3) is 11.3 Å². The Morgan fingerprint density at radius 1 is 1.41 bits per heavy atom. The molecule has 0 fully saturated rings. The number of nitrogens with zero attached hydrogens (tertiary/aromatic N) is 2. The minimum atomic E-state index is 0.307. The van der Waals surface area contributed by atoms with Crippen molar-refractivity contribution in [3.63, 3.8) is 0 Å². The first-order valence-corrected chi connectivity index (χ1v) is 5.59. The number of hydrogen-bond donors (Lipinski definition) is 1. The van der Waals surface area contributed by atoms with Gasteiger partial charge in [-0.25, -0.2) is 0 Å². The van der Waals surface area contributed by atoms with E-state index < -0.39 is 0 Å². The molecule has 0 aliphatic carbocycles. The molecule has 0 unspecified atom stereocenters.